The number of hydrogen-bond acceptors (Lipinski definition) is 7. The zero-order valence-corrected chi connectivity index (χ0v) is 23.3. The smallest absolute Gasteiger partial charge is 0.335 e. The maximum atomic E-state index is 11.6. The highest BCUT2D eigenvalue weighted by molar-refractivity contribution is 6.30. The van der Waals surface area contributed by atoms with Gasteiger partial charge in [0.15, 0.2) is 11.9 Å². The number of aromatic carboxylic acids is 1. The first-order valence-electron chi connectivity index (χ1n) is 14.1. The van der Waals surface area contributed by atoms with Crippen LogP contribution in [0.25, 0.3) is 11.0 Å². The number of carboxylic acid groups (broad SMARTS) is 1. The summed E-state index contributed by atoms with van der Waals surface area (Å²) in [5, 5.41) is 10.2. The number of likely N-dealkylation sites (tertiary alicyclic amines) is 1. The molecule has 9 nitrogen and oxygen atoms in total. The molecule has 41 heavy (non-hydrogen) atoms. The first kappa shape index (κ1) is 26.3. The monoisotopic (exact) mass is 574 g/mol. The Balaban J connectivity index is 1.05. The van der Waals surface area contributed by atoms with E-state index in [0.717, 1.165) is 72.7 Å². The molecule has 7 rings (SSSR count). The number of pyridine rings is 1. The van der Waals surface area contributed by atoms with E-state index in [0.29, 0.717) is 36.5 Å². The van der Waals surface area contributed by atoms with Crippen LogP contribution in [0.1, 0.15) is 58.6 Å². The quantitative estimate of drug-likeness (QED) is 0.310. The Hall–Kier alpha value is -3.66. The molecule has 4 aromatic rings. The number of nitrogens with zero attached hydrogens (tertiary/aromatic N) is 4. The molecule has 0 spiro atoms. The van der Waals surface area contributed by atoms with E-state index >= 15 is 0 Å². The van der Waals surface area contributed by atoms with Gasteiger partial charge >= 0.3 is 5.97 Å². The van der Waals surface area contributed by atoms with E-state index in [9.17, 15) is 9.90 Å². The summed E-state index contributed by atoms with van der Waals surface area (Å²) in [6.45, 7) is 4.42. The Morgan fingerprint density at radius 2 is 1.88 bits per heavy atom. The minimum Gasteiger partial charge on any atom is -0.483 e. The number of rotatable bonds is 7. The third kappa shape index (κ3) is 5.25. The maximum Gasteiger partial charge on any atom is 0.335 e. The van der Waals surface area contributed by atoms with E-state index in [4.69, 9.17) is 30.8 Å². The second-order valence-corrected chi connectivity index (χ2v) is 11.4. The molecule has 212 valence electrons. The van der Waals surface area contributed by atoms with Crippen LogP contribution in [0.2, 0.25) is 5.02 Å². The third-order valence-electron chi connectivity index (χ3n) is 8.42. The van der Waals surface area contributed by atoms with Crippen molar-refractivity contribution >= 4 is 28.6 Å². The van der Waals surface area contributed by atoms with Gasteiger partial charge in [-0.15, -0.1) is 0 Å². The number of imidazole rings is 1. The summed E-state index contributed by atoms with van der Waals surface area (Å²) in [6, 6.07) is 14.8. The van der Waals surface area contributed by atoms with Crippen molar-refractivity contribution in [3.8, 4) is 11.6 Å². The Kier molecular flexibility index (Phi) is 7.02. The van der Waals surface area contributed by atoms with Crippen molar-refractivity contribution in [1.29, 1.82) is 0 Å². The van der Waals surface area contributed by atoms with Crippen LogP contribution >= 0.6 is 11.6 Å². The highest BCUT2D eigenvalue weighted by atomic mass is 35.5. The van der Waals surface area contributed by atoms with Crippen molar-refractivity contribution in [1.82, 2.24) is 19.4 Å². The molecule has 3 aliphatic rings. The molecule has 0 aliphatic carbocycles. The molecule has 3 aliphatic heterocycles. The number of fused-ring (bicyclic) bond motifs is 2. The van der Waals surface area contributed by atoms with Gasteiger partial charge in [-0.05, 0) is 80.2 Å². The summed E-state index contributed by atoms with van der Waals surface area (Å²) >= 11 is 6.05. The molecule has 10 heteroatoms. The Morgan fingerprint density at radius 3 is 2.61 bits per heavy atom. The number of aromatic nitrogens is 3. The molecule has 0 amide bonds. The zero-order valence-electron chi connectivity index (χ0n) is 22.5. The molecular weight excluding hydrogens is 544 g/mol. The van der Waals surface area contributed by atoms with Gasteiger partial charge in [0.1, 0.15) is 12.4 Å². The van der Waals surface area contributed by atoms with Crippen LogP contribution in [0.5, 0.6) is 11.6 Å². The second kappa shape index (κ2) is 11.0. The average Bonchev–Trinajstić information content (AvgIpc) is 3.31. The first-order chi connectivity index (χ1) is 20.0. The van der Waals surface area contributed by atoms with Gasteiger partial charge in [0.25, 0.3) is 5.88 Å². The zero-order chi connectivity index (χ0) is 27.9. The van der Waals surface area contributed by atoms with Gasteiger partial charge in [0, 0.05) is 23.4 Å². The predicted molar refractivity (Wildman–Crippen MR) is 153 cm³/mol. The molecule has 2 fully saturated rings. The SMILES string of the molecule is O=C(O)c1ccc2nc(CN3CCC(c4ccnc5c4OC[C@@H](c4ccc(Cl)cc4)O5)CC3)n(C[C@@H]3CCO3)c2c1. The Labute approximate surface area is 242 Å². The fourth-order valence-electron chi connectivity index (χ4n) is 6.03. The van der Waals surface area contributed by atoms with E-state index in [1.54, 1.807) is 18.2 Å². The van der Waals surface area contributed by atoms with Crippen molar-refractivity contribution < 1.29 is 24.1 Å². The number of hydrogen-bond donors (Lipinski definition) is 1. The molecule has 0 bridgehead atoms. The fraction of sp³-hybridized carbons (Fsp3) is 0.387. The van der Waals surface area contributed by atoms with E-state index in [-0.39, 0.29) is 17.8 Å². The normalized spacial score (nSPS) is 21.1. The maximum absolute atomic E-state index is 11.6. The van der Waals surface area contributed by atoms with Crippen LogP contribution < -0.4 is 9.47 Å². The molecule has 2 aromatic carbocycles. The minimum atomic E-state index is -0.934. The lowest BCUT2D eigenvalue weighted by Crippen LogP contribution is -2.35. The lowest BCUT2D eigenvalue weighted by molar-refractivity contribution is -0.0592. The molecular formula is C31H31ClN4O5. The molecule has 5 heterocycles. The van der Waals surface area contributed by atoms with E-state index in [1.807, 2.05) is 30.5 Å². The minimum absolute atomic E-state index is 0.143. The highest BCUT2D eigenvalue weighted by Gasteiger charge is 2.31. The van der Waals surface area contributed by atoms with Gasteiger partial charge in [-0.25, -0.2) is 14.8 Å². The first-order valence-corrected chi connectivity index (χ1v) is 14.5. The predicted octanol–water partition coefficient (Wildman–Crippen LogP) is 5.46. The molecule has 2 saturated heterocycles. The summed E-state index contributed by atoms with van der Waals surface area (Å²) in [4.78, 5) is 23.4. The summed E-state index contributed by atoms with van der Waals surface area (Å²) in [6.07, 6.45) is 4.70. The van der Waals surface area contributed by atoms with Gasteiger partial charge in [-0.2, -0.15) is 0 Å². The van der Waals surface area contributed by atoms with E-state index in [1.165, 1.54) is 0 Å². The van der Waals surface area contributed by atoms with Gasteiger partial charge in [0.05, 0.1) is 35.8 Å². The summed E-state index contributed by atoms with van der Waals surface area (Å²) in [5.74, 6) is 1.66. The largest absolute Gasteiger partial charge is 0.483 e. The lowest BCUT2D eigenvalue weighted by atomic mass is 9.89. The number of carbonyl (C=O) groups is 1. The Morgan fingerprint density at radius 1 is 1.07 bits per heavy atom. The molecule has 2 aromatic heterocycles. The molecule has 0 saturated carbocycles. The van der Waals surface area contributed by atoms with Crippen molar-refractivity contribution in [3.63, 3.8) is 0 Å². The van der Waals surface area contributed by atoms with Gasteiger partial charge < -0.3 is 23.9 Å². The fourth-order valence-corrected chi connectivity index (χ4v) is 6.15. The van der Waals surface area contributed by atoms with Crippen molar-refractivity contribution in [2.45, 2.75) is 50.5 Å². The second-order valence-electron chi connectivity index (χ2n) is 11.0. The van der Waals surface area contributed by atoms with E-state index < -0.39 is 5.97 Å². The number of carboxylic acids is 1. The van der Waals surface area contributed by atoms with Crippen molar-refractivity contribution in [3.05, 3.63) is 82.3 Å². The molecule has 2 atom stereocenters. The van der Waals surface area contributed by atoms with Gasteiger partial charge in [0.2, 0.25) is 0 Å². The van der Waals surface area contributed by atoms with E-state index in [2.05, 4.69) is 20.5 Å². The highest BCUT2D eigenvalue weighted by Crippen LogP contribution is 2.43. The van der Waals surface area contributed by atoms with Crippen LogP contribution in [-0.4, -0.2) is 62.9 Å². The topological polar surface area (TPSA) is 98.9 Å². The third-order valence-corrected chi connectivity index (χ3v) is 8.68. The molecule has 0 radical (unpaired) electrons. The molecule has 1 N–H and O–H groups in total. The van der Waals surface area contributed by atoms with Crippen LogP contribution in [0.15, 0.2) is 54.7 Å². The standard InChI is InChI=1S/C31H31ClN4O5/c32-22-4-1-20(2-5-22)27-18-40-29-24(7-11-33-30(29)41-27)19-8-12-35(13-9-19)17-28-34-25-6-3-21(31(37)38)15-26(25)36(28)16-23-10-14-39-23/h1-7,11,15,19,23,27H,8-10,12-14,16-18H2,(H,37,38)/t23-,27-/m0/s1. The number of piperidine rings is 1. The number of halogens is 1. The van der Waals surface area contributed by atoms with Gasteiger partial charge in [-0.1, -0.05) is 23.7 Å². The summed E-state index contributed by atoms with van der Waals surface area (Å²) in [7, 11) is 0. The van der Waals surface area contributed by atoms with Crippen LogP contribution in [0, 0.1) is 0 Å². The van der Waals surface area contributed by atoms with Crippen molar-refractivity contribution in [2.75, 3.05) is 26.3 Å². The Bertz CT molecular complexity index is 1580. The van der Waals surface area contributed by atoms with Crippen molar-refractivity contribution in [2.24, 2.45) is 0 Å². The van der Waals surface area contributed by atoms with Gasteiger partial charge in [-0.3, -0.25) is 4.90 Å². The summed E-state index contributed by atoms with van der Waals surface area (Å²) in [5.41, 5.74) is 4.10. The molecule has 0 unspecified atom stereocenters. The van der Waals surface area contributed by atoms with Crippen LogP contribution in [-0.2, 0) is 17.8 Å². The average molecular weight is 575 g/mol. The van der Waals surface area contributed by atoms with Crippen LogP contribution in [0.3, 0.4) is 0 Å². The number of benzene rings is 2. The number of ether oxygens (including phenoxy) is 3. The lowest BCUT2D eigenvalue weighted by Gasteiger charge is -2.34. The summed E-state index contributed by atoms with van der Waals surface area (Å²) < 4.78 is 20.4. The van der Waals surface area contributed by atoms with Crippen LogP contribution in [0.4, 0.5) is 0 Å².